The van der Waals surface area contributed by atoms with Gasteiger partial charge in [-0.1, -0.05) is 26.0 Å². The molecular formula is C17H18O6S. The SMILES string of the molecule is CC(C)COC(=O)c1ccccc1OS(=O)(=O)c1ccc(O)cc1. The Morgan fingerprint density at radius 1 is 1.08 bits per heavy atom. The van der Waals surface area contributed by atoms with Gasteiger partial charge in [0.25, 0.3) is 0 Å². The van der Waals surface area contributed by atoms with E-state index in [0.717, 1.165) is 0 Å². The Hall–Kier alpha value is -2.54. The van der Waals surface area contributed by atoms with Crippen LogP contribution in [0.4, 0.5) is 0 Å². The maximum atomic E-state index is 12.3. The second-order valence-corrected chi connectivity index (χ2v) is 7.07. The topological polar surface area (TPSA) is 89.9 Å². The molecule has 0 heterocycles. The van der Waals surface area contributed by atoms with Crippen LogP contribution in [0.25, 0.3) is 0 Å². The zero-order valence-electron chi connectivity index (χ0n) is 13.3. The molecule has 128 valence electrons. The Bertz CT molecular complexity index is 809. The molecule has 0 radical (unpaired) electrons. The van der Waals surface area contributed by atoms with E-state index in [4.69, 9.17) is 8.92 Å². The van der Waals surface area contributed by atoms with Gasteiger partial charge in [0.15, 0.2) is 5.75 Å². The third kappa shape index (κ3) is 4.48. The summed E-state index contributed by atoms with van der Waals surface area (Å²) in [6.45, 7) is 4.01. The van der Waals surface area contributed by atoms with Gasteiger partial charge in [0, 0.05) is 0 Å². The van der Waals surface area contributed by atoms with E-state index < -0.39 is 16.1 Å². The number of para-hydroxylation sites is 1. The predicted molar refractivity (Wildman–Crippen MR) is 87.5 cm³/mol. The minimum absolute atomic E-state index is 0.0282. The number of carbonyl (C=O) groups excluding carboxylic acids is 1. The number of rotatable bonds is 6. The lowest BCUT2D eigenvalue weighted by atomic mass is 10.2. The van der Waals surface area contributed by atoms with Crippen LogP contribution in [0.2, 0.25) is 0 Å². The Kier molecular flexibility index (Phi) is 5.46. The average Bonchev–Trinajstić information content (AvgIpc) is 2.53. The Morgan fingerprint density at radius 3 is 2.33 bits per heavy atom. The number of carbonyl (C=O) groups is 1. The van der Waals surface area contributed by atoms with Gasteiger partial charge in [0.2, 0.25) is 0 Å². The third-order valence-electron chi connectivity index (χ3n) is 2.98. The highest BCUT2D eigenvalue weighted by Crippen LogP contribution is 2.24. The summed E-state index contributed by atoms with van der Waals surface area (Å²) in [5.74, 6) is -0.672. The molecule has 0 fully saturated rings. The van der Waals surface area contributed by atoms with Crippen molar-refractivity contribution in [1.29, 1.82) is 0 Å². The maximum Gasteiger partial charge on any atom is 0.341 e. The molecule has 0 aliphatic carbocycles. The molecule has 0 aliphatic rings. The van der Waals surface area contributed by atoms with E-state index in [2.05, 4.69) is 0 Å². The molecular weight excluding hydrogens is 332 g/mol. The van der Waals surface area contributed by atoms with Gasteiger partial charge in [-0.25, -0.2) is 4.79 Å². The molecule has 0 saturated carbocycles. The fraction of sp³-hybridized carbons (Fsp3) is 0.235. The van der Waals surface area contributed by atoms with E-state index in [0.29, 0.717) is 0 Å². The zero-order valence-corrected chi connectivity index (χ0v) is 14.1. The average molecular weight is 350 g/mol. The summed E-state index contributed by atoms with van der Waals surface area (Å²) in [7, 11) is -4.14. The molecule has 0 saturated heterocycles. The van der Waals surface area contributed by atoms with Crippen LogP contribution in [0.15, 0.2) is 53.4 Å². The number of phenolic OH excluding ortho intramolecular Hbond substituents is 1. The number of hydrogen-bond donors (Lipinski definition) is 1. The lowest BCUT2D eigenvalue weighted by Crippen LogP contribution is -2.15. The summed E-state index contributed by atoms with van der Waals surface area (Å²) in [5, 5.41) is 9.24. The van der Waals surface area contributed by atoms with Crippen molar-refractivity contribution in [2.24, 2.45) is 5.92 Å². The summed E-state index contributed by atoms with van der Waals surface area (Å²) in [6.07, 6.45) is 0. The van der Waals surface area contributed by atoms with E-state index in [1.165, 1.54) is 36.4 Å². The van der Waals surface area contributed by atoms with Crippen molar-refractivity contribution in [3.05, 3.63) is 54.1 Å². The van der Waals surface area contributed by atoms with Crippen LogP contribution in [0, 0.1) is 5.92 Å². The molecule has 2 aromatic rings. The number of hydrogen-bond acceptors (Lipinski definition) is 6. The van der Waals surface area contributed by atoms with Crippen molar-refractivity contribution in [2.45, 2.75) is 18.7 Å². The van der Waals surface area contributed by atoms with E-state index in [1.54, 1.807) is 12.1 Å². The molecule has 1 N–H and O–H groups in total. The van der Waals surface area contributed by atoms with Gasteiger partial charge in [-0.3, -0.25) is 0 Å². The number of benzene rings is 2. The van der Waals surface area contributed by atoms with Gasteiger partial charge < -0.3 is 14.0 Å². The van der Waals surface area contributed by atoms with Crippen LogP contribution in [-0.4, -0.2) is 26.1 Å². The van der Waals surface area contributed by atoms with E-state index >= 15 is 0 Å². The van der Waals surface area contributed by atoms with Crippen LogP contribution in [0.1, 0.15) is 24.2 Å². The number of ether oxygens (including phenoxy) is 1. The standard InChI is InChI=1S/C17H18O6S/c1-12(2)11-22-17(19)15-5-3-4-6-16(15)23-24(20,21)14-9-7-13(18)8-10-14/h3-10,12,18H,11H2,1-2H3. The molecule has 0 spiro atoms. The second-order valence-electron chi connectivity index (χ2n) is 5.52. The van der Waals surface area contributed by atoms with Gasteiger partial charge in [-0.05, 0) is 42.3 Å². The van der Waals surface area contributed by atoms with Gasteiger partial charge in [0.1, 0.15) is 16.2 Å². The number of phenols is 1. The van der Waals surface area contributed by atoms with Crippen LogP contribution in [-0.2, 0) is 14.9 Å². The fourth-order valence-corrected chi connectivity index (χ4v) is 2.75. The summed E-state index contributed by atoms with van der Waals surface area (Å²) < 4.78 is 34.8. The van der Waals surface area contributed by atoms with Crippen molar-refractivity contribution >= 4 is 16.1 Å². The molecule has 2 aromatic carbocycles. The molecule has 7 heteroatoms. The molecule has 0 bridgehead atoms. The lowest BCUT2D eigenvalue weighted by Gasteiger charge is -2.12. The highest BCUT2D eigenvalue weighted by Gasteiger charge is 2.21. The highest BCUT2D eigenvalue weighted by atomic mass is 32.2. The first-order valence-corrected chi connectivity index (χ1v) is 8.70. The summed E-state index contributed by atoms with van der Waals surface area (Å²) >= 11 is 0. The van der Waals surface area contributed by atoms with E-state index in [9.17, 15) is 18.3 Å². The minimum atomic E-state index is -4.14. The first kappa shape index (κ1) is 17.8. The first-order valence-electron chi connectivity index (χ1n) is 7.29. The Labute approximate surface area is 140 Å². The smallest absolute Gasteiger partial charge is 0.341 e. The molecule has 0 atom stereocenters. The predicted octanol–water partition coefficient (Wildman–Crippen LogP) is 2.97. The van der Waals surface area contributed by atoms with Crippen molar-refractivity contribution in [1.82, 2.24) is 0 Å². The quantitative estimate of drug-likeness (QED) is 0.636. The van der Waals surface area contributed by atoms with Crippen LogP contribution < -0.4 is 4.18 Å². The van der Waals surface area contributed by atoms with Gasteiger partial charge in [-0.15, -0.1) is 0 Å². The molecule has 0 aromatic heterocycles. The summed E-state index contributed by atoms with van der Waals surface area (Å²) in [4.78, 5) is 12.0. The van der Waals surface area contributed by atoms with Crippen molar-refractivity contribution < 1.29 is 27.2 Å². The monoisotopic (exact) mass is 350 g/mol. The fourth-order valence-electron chi connectivity index (χ4n) is 1.81. The largest absolute Gasteiger partial charge is 0.508 e. The van der Waals surface area contributed by atoms with Crippen molar-refractivity contribution in [3.63, 3.8) is 0 Å². The molecule has 2 rings (SSSR count). The van der Waals surface area contributed by atoms with Crippen molar-refractivity contribution in [3.8, 4) is 11.5 Å². The minimum Gasteiger partial charge on any atom is -0.508 e. The summed E-state index contributed by atoms with van der Waals surface area (Å²) in [5.41, 5.74) is 0.0282. The Balaban J connectivity index is 2.26. The van der Waals surface area contributed by atoms with Crippen LogP contribution in [0.5, 0.6) is 11.5 Å². The zero-order chi connectivity index (χ0) is 17.7. The van der Waals surface area contributed by atoms with Crippen LogP contribution >= 0.6 is 0 Å². The normalized spacial score (nSPS) is 11.3. The Morgan fingerprint density at radius 2 is 1.71 bits per heavy atom. The van der Waals surface area contributed by atoms with E-state index in [1.807, 2.05) is 13.8 Å². The molecule has 0 aliphatic heterocycles. The highest BCUT2D eigenvalue weighted by molar-refractivity contribution is 7.87. The number of aromatic hydroxyl groups is 1. The van der Waals surface area contributed by atoms with E-state index in [-0.39, 0.29) is 34.5 Å². The van der Waals surface area contributed by atoms with Gasteiger partial charge in [0.05, 0.1) is 6.61 Å². The molecule has 0 unspecified atom stereocenters. The summed E-state index contributed by atoms with van der Waals surface area (Å²) in [6, 6.07) is 10.9. The van der Waals surface area contributed by atoms with Gasteiger partial charge >= 0.3 is 16.1 Å². The van der Waals surface area contributed by atoms with Crippen molar-refractivity contribution in [2.75, 3.05) is 6.61 Å². The molecule has 0 amide bonds. The second kappa shape index (κ2) is 7.35. The molecule has 24 heavy (non-hydrogen) atoms. The molecule has 6 nitrogen and oxygen atoms in total. The lowest BCUT2D eigenvalue weighted by molar-refractivity contribution is 0.0457. The maximum absolute atomic E-state index is 12.3. The third-order valence-corrected chi connectivity index (χ3v) is 4.23. The van der Waals surface area contributed by atoms with Gasteiger partial charge in [-0.2, -0.15) is 8.42 Å². The number of esters is 1. The first-order chi connectivity index (χ1) is 11.3. The van der Waals surface area contributed by atoms with Crippen LogP contribution in [0.3, 0.4) is 0 Å².